The van der Waals surface area contributed by atoms with Gasteiger partial charge in [-0.25, -0.2) is 0 Å². The number of hydrogen-bond acceptors (Lipinski definition) is 0. The van der Waals surface area contributed by atoms with Crippen LogP contribution in [0.1, 0.15) is 6.42 Å². The van der Waals surface area contributed by atoms with Gasteiger partial charge in [0.05, 0.1) is 0 Å². The minimum atomic E-state index is 0.444. The van der Waals surface area contributed by atoms with Crippen LogP contribution >= 0.6 is 0 Å². The van der Waals surface area contributed by atoms with Crippen LogP contribution in [0.2, 0.25) is 0 Å². The number of rotatable bonds is 0. The summed E-state index contributed by atoms with van der Waals surface area (Å²) in [5.41, 5.74) is 7.05. The third-order valence-electron chi connectivity index (χ3n) is 3.94. The molecule has 18 heavy (non-hydrogen) atoms. The fraction of sp³-hybridized carbons (Fsp3) is 0.111. The lowest BCUT2D eigenvalue weighted by Crippen LogP contribution is -2.11. The van der Waals surface area contributed by atoms with E-state index in [9.17, 15) is 0 Å². The van der Waals surface area contributed by atoms with E-state index in [2.05, 4.69) is 66.8 Å². The highest BCUT2D eigenvalue weighted by atomic mass is 14.3. The average Bonchev–Trinajstić information content (AvgIpc) is 2.57. The Balaban J connectivity index is 1.96. The molecule has 0 heterocycles. The molecule has 0 aliphatic heterocycles. The summed E-state index contributed by atoms with van der Waals surface area (Å²) >= 11 is 0. The Morgan fingerprint density at radius 1 is 0.778 bits per heavy atom. The van der Waals surface area contributed by atoms with Crippen molar-refractivity contribution in [3.05, 3.63) is 94.7 Å². The molecule has 0 amide bonds. The molecule has 0 bridgehead atoms. The van der Waals surface area contributed by atoms with Crippen molar-refractivity contribution in [2.75, 3.05) is 0 Å². The van der Waals surface area contributed by atoms with Crippen LogP contribution in [0.3, 0.4) is 0 Å². The molecule has 0 aromatic rings. The summed E-state index contributed by atoms with van der Waals surface area (Å²) in [6.45, 7) is 0. The fourth-order valence-electron chi connectivity index (χ4n) is 3.08. The van der Waals surface area contributed by atoms with Crippen LogP contribution in [0.4, 0.5) is 0 Å². The molecule has 4 rings (SSSR count). The lowest BCUT2D eigenvalue weighted by Gasteiger charge is -2.25. The van der Waals surface area contributed by atoms with Crippen LogP contribution in [-0.4, -0.2) is 0 Å². The van der Waals surface area contributed by atoms with Crippen molar-refractivity contribution < 1.29 is 0 Å². The summed E-state index contributed by atoms with van der Waals surface area (Å²) in [6, 6.07) is 0. The van der Waals surface area contributed by atoms with Gasteiger partial charge >= 0.3 is 0 Å². The van der Waals surface area contributed by atoms with Crippen molar-refractivity contribution >= 4 is 0 Å². The molecule has 86 valence electrons. The maximum atomic E-state index is 2.38. The van der Waals surface area contributed by atoms with Gasteiger partial charge in [-0.15, -0.1) is 0 Å². The van der Waals surface area contributed by atoms with Gasteiger partial charge in [-0.1, -0.05) is 66.8 Å². The third-order valence-corrected chi connectivity index (χ3v) is 3.94. The first kappa shape index (κ1) is 9.90. The van der Waals surface area contributed by atoms with Gasteiger partial charge in [-0.05, 0) is 34.3 Å². The quantitative estimate of drug-likeness (QED) is 0.580. The maximum absolute atomic E-state index is 2.38. The zero-order chi connectivity index (χ0) is 11.9. The van der Waals surface area contributed by atoms with Crippen LogP contribution in [-0.2, 0) is 0 Å². The second-order valence-electron chi connectivity index (χ2n) is 5.05. The lowest BCUT2D eigenvalue weighted by atomic mass is 9.79. The molecule has 0 spiro atoms. The van der Waals surface area contributed by atoms with Crippen LogP contribution in [0.5, 0.6) is 0 Å². The first-order valence-corrected chi connectivity index (χ1v) is 6.48. The molecule has 4 aliphatic carbocycles. The van der Waals surface area contributed by atoms with Crippen molar-refractivity contribution in [2.45, 2.75) is 6.42 Å². The molecule has 0 aromatic carbocycles. The predicted molar refractivity (Wildman–Crippen MR) is 75.9 cm³/mol. The Labute approximate surface area is 107 Å². The smallest absolute Gasteiger partial charge is 0.0340 e. The van der Waals surface area contributed by atoms with Gasteiger partial charge in [0.2, 0.25) is 0 Å². The standard InChI is InChI=1S/C18H14/c1-2-6-15-12-17-10-4-8-13-7-3-9-16(18(13)17)11-14(15)5-1/h1-5,7-12,18H,6H2. The monoisotopic (exact) mass is 230 g/mol. The Kier molecular flexibility index (Phi) is 2.04. The van der Waals surface area contributed by atoms with E-state index in [4.69, 9.17) is 0 Å². The highest BCUT2D eigenvalue weighted by molar-refractivity contribution is 5.62. The second-order valence-corrected chi connectivity index (χ2v) is 5.05. The van der Waals surface area contributed by atoms with Gasteiger partial charge in [-0.2, -0.15) is 0 Å². The Bertz CT molecular complexity index is 652. The molecule has 0 fully saturated rings. The summed E-state index contributed by atoms with van der Waals surface area (Å²) in [5.74, 6) is 0.444. The van der Waals surface area contributed by atoms with Gasteiger partial charge in [0.15, 0.2) is 0 Å². The molecular formula is C18H14. The van der Waals surface area contributed by atoms with Crippen molar-refractivity contribution in [1.29, 1.82) is 0 Å². The molecular weight excluding hydrogens is 216 g/mol. The molecule has 0 saturated carbocycles. The van der Waals surface area contributed by atoms with Crippen LogP contribution in [0.25, 0.3) is 0 Å². The first-order chi connectivity index (χ1) is 8.92. The van der Waals surface area contributed by atoms with Gasteiger partial charge < -0.3 is 0 Å². The highest BCUT2D eigenvalue weighted by Crippen LogP contribution is 2.41. The predicted octanol–water partition coefficient (Wildman–Crippen LogP) is 4.35. The normalized spacial score (nSPS) is 27.1. The van der Waals surface area contributed by atoms with Gasteiger partial charge in [0.25, 0.3) is 0 Å². The summed E-state index contributed by atoms with van der Waals surface area (Å²) in [4.78, 5) is 0. The topological polar surface area (TPSA) is 0 Å². The summed E-state index contributed by atoms with van der Waals surface area (Å²) in [6.07, 6.45) is 25.7. The maximum Gasteiger partial charge on any atom is 0.0340 e. The lowest BCUT2D eigenvalue weighted by molar-refractivity contribution is 0.889. The van der Waals surface area contributed by atoms with Gasteiger partial charge in [0, 0.05) is 5.92 Å². The largest absolute Gasteiger partial charge is 0.0801 e. The van der Waals surface area contributed by atoms with Crippen molar-refractivity contribution in [2.24, 2.45) is 5.92 Å². The average molecular weight is 230 g/mol. The van der Waals surface area contributed by atoms with Crippen LogP contribution < -0.4 is 0 Å². The van der Waals surface area contributed by atoms with E-state index in [0.717, 1.165) is 6.42 Å². The molecule has 0 aromatic heterocycles. The van der Waals surface area contributed by atoms with E-state index >= 15 is 0 Å². The Morgan fingerprint density at radius 2 is 1.61 bits per heavy atom. The highest BCUT2D eigenvalue weighted by Gasteiger charge is 2.26. The van der Waals surface area contributed by atoms with Gasteiger partial charge in [-0.3, -0.25) is 0 Å². The molecule has 1 unspecified atom stereocenters. The Morgan fingerprint density at radius 3 is 2.56 bits per heavy atom. The van der Waals surface area contributed by atoms with E-state index in [1.807, 2.05) is 0 Å². The number of fused-ring (bicyclic) bond motifs is 1. The van der Waals surface area contributed by atoms with Crippen molar-refractivity contribution in [1.82, 2.24) is 0 Å². The SMILES string of the molecule is C1=CCC2=CC3=CC=CC4=CC=CC(=CC2=C1)C43. The molecule has 0 heteroatoms. The molecule has 0 saturated heterocycles. The minimum Gasteiger partial charge on any atom is -0.0801 e. The molecule has 0 nitrogen and oxygen atoms in total. The van der Waals surface area contributed by atoms with Crippen LogP contribution in [0.15, 0.2) is 94.7 Å². The van der Waals surface area contributed by atoms with E-state index in [1.54, 1.807) is 0 Å². The zero-order valence-corrected chi connectivity index (χ0v) is 10.1. The van der Waals surface area contributed by atoms with Gasteiger partial charge in [0.1, 0.15) is 0 Å². The third kappa shape index (κ3) is 1.39. The number of hydrogen-bond donors (Lipinski definition) is 0. The van der Waals surface area contributed by atoms with Crippen LogP contribution in [0, 0.1) is 5.92 Å². The molecule has 0 radical (unpaired) electrons. The number of allylic oxidation sites excluding steroid dienone is 16. The summed E-state index contributed by atoms with van der Waals surface area (Å²) < 4.78 is 0. The minimum absolute atomic E-state index is 0.444. The van der Waals surface area contributed by atoms with E-state index < -0.39 is 0 Å². The fourth-order valence-corrected chi connectivity index (χ4v) is 3.08. The van der Waals surface area contributed by atoms with E-state index in [-0.39, 0.29) is 0 Å². The molecule has 1 atom stereocenters. The van der Waals surface area contributed by atoms with E-state index in [1.165, 1.54) is 27.9 Å². The van der Waals surface area contributed by atoms with Crippen molar-refractivity contribution in [3.8, 4) is 0 Å². The molecule has 0 N–H and O–H groups in total. The zero-order valence-electron chi connectivity index (χ0n) is 10.1. The Hall–Kier alpha value is -2.08. The first-order valence-electron chi connectivity index (χ1n) is 6.48. The molecule has 4 aliphatic rings. The summed E-state index contributed by atoms with van der Waals surface area (Å²) in [7, 11) is 0. The van der Waals surface area contributed by atoms with E-state index in [0.29, 0.717) is 5.92 Å². The summed E-state index contributed by atoms with van der Waals surface area (Å²) in [5, 5.41) is 0. The second kappa shape index (κ2) is 3.71. The van der Waals surface area contributed by atoms with Crippen molar-refractivity contribution in [3.63, 3.8) is 0 Å².